The monoisotopic (exact) mass is 381 g/mol. The molecule has 0 saturated carbocycles. The maximum atomic E-state index is 12.4. The van der Waals surface area contributed by atoms with Crippen molar-refractivity contribution >= 4 is 52.6 Å². The van der Waals surface area contributed by atoms with Crippen LogP contribution in [0.2, 0.25) is 15.1 Å². The minimum atomic E-state index is -0.745. The van der Waals surface area contributed by atoms with Crippen LogP contribution in [0.1, 0.15) is 27.7 Å². The van der Waals surface area contributed by atoms with Gasteiger partial charge in [0, 0.05) is 0 Å². The molecule has 128 valence electrons. The Balaban J connectivity index is 3.20. The first-order chi connectivity index (χ1) is 10.5. The fourth-order valence-corrected chi connectivity index (χ4v) is 2.26. The summed E-state index contributed by atoms with van der Waals surface area (Å²) in [7, 11) is 0. The lowest BCUT2D eigenvalue weighted by Gasteiger charge is -2.27. The third-order valence-electron chi connectivity index (χ3n) is 2.49. The first-order valence-electron chi connectivity index (χ1n) is 6.86. The zero-order valence-corrected chi connectivity index (χ0v) is 15.6. The normalized spacial score (nSPS) is 11.1. The van der Waals surface area contributed by atoms with Crippen molar-refractivity contribution in [2.75, 3.05) is 18.1 Å². The molecule has 0 atom stereocenters. The SMILES string of the molecule is CCOC(=O)CN(C(=O)OC(C)(C)C)c1cc(Cl)c(Cl)cc1Cl. The predicted octanol–water partition coefficient (Wildman–Crippen LogP) is 4.95. The van der Waals surface area contributed by atoms with Crippen molar-refractivity contribution in [1.82, 2.24) is 0 Å². The Bertz CT molecular complexity index is 599. The number of carbonyl (C=O) groups excluding carboxylic acids is 2. The average Bonchev–Trinajstić information content (AvgIpc) is 2.39. The molecule has 0 radical (unpaired) electrons. The van der Waals surface area contributed by atoms with Crippen LogP contribution in [0, 0.1) is 0 Å². The van der Waals surface area contributed by atoms with Crippen molar-refractivity contribution < 1.29 is 19.1 Å². The third kappa shape index (κ3) is 6.09. The van der Waals surface area contributed by atoms with Crippen molar-refractivity contribution in [3.63, 3.8) is 0 Å². The van der Waals surface area contributed by atoms with Crippen molar-refractivity contribution in [1.29, 1.82) is 0 Å². The van der Waals surface area contributed by atoms with E-state index in [0.29, 0.717) is 0 Å². The summed E-state index contributed by atoms with van der Waals surface area (Å²) in [5.41, 5.74) is -0.532. The van der Waals surface area contributed by atoms with E-state index in [2.05, 4.69) is 0 Å². The van der Waals surface area contributed by atoms with Crippen molar-refractivity contribution in [3.8, 4) is 0 Å². The van der Waals surface area contributed by atoms with E-state index in [9.17, 15) is 9.59 Å². The van der Waals surface area contributed by atoms with Crippen LogP contribution in [-0.4, -0.2) is 30.8 Å². The number of halogens is 3. The highest BCUT2D eigenvalue weighted by atomic mass is 35.5. The fourth-order valence-electron chi connectivity index (χ4n) is 1.62. The van der Waals surface area contributed by atoms with Crippen LogP contribution in [0.3, 0.4) is 0 Å². The highest BCUT2D eigenvalue weighted by molar-refractivity contribution is 6.44. The molecule has 0 heterocycles. The van der Waals surface area contributed by atoms with Gasteiger partial charge in [0.1, 0.15) is 12.1 Å². The maximum Gasteiger partial charge on any atom is 0.415 e. The van der Waals surface area contributed by atoms with E-state index in [1.54, 1.807) is 27.7 Å². The van der Waals surface area contributed by atoms with E-state index in [0.717, 1.165) is 4.90 Å². The number of hydrogen-bond donors (Lipinski definition) is 0. The van der Waals surface area contributed by atoms with Crippen molar-refractivity contribution in [2.45, 2.75) is 33.3 Å². The summed E-state index contributed by atoms with van der Waals surface area (Å²) < 4.78 is 10.2. The molecule has 0 aliphatic carbocycles. The smallest absolute Gasteiger partial charge is 0.415 e. The second-order valence-electron chi connectivity index (χ2n) is 5.59. The van der Waals surface area contributed by atoms with E-state index < -0.39 is 17.7 Å². The van der Waals surface area contributed by atoms with Gasteiger partial charge in [-0.15, -0.1) is 0 Å². The molecule has 0 aliphatic heterocycles. The number of nitrogens with zero attached hydrogens (tertiary/aromatic N) is 1. The highest BCUT2D eigenvalue weighted by Crippen LogP contribution is 2.35. The fraction of sp³-hybridized carbons (Fsp3) is 0.467. The van der Waals surface area contributed by atoms with Gasteiger partial charge in [0.15, 0.2) is 0 Å². The molecule has 1 aromatic carbocycles. The van der Waals surface area contributed by atoms with Crippen LogP contribution in [0.5, 0.6) is 0 Å². The second kappa shape index (κ2) is 8.08. The summed E-state index contributed by atoms with van der Waals surface area (Å²) in [6.07, 6.45) is -0.745. The average molecular weight is 383 g/mol. The first-order valence-corrected chi connectivity index (χ1v) is 7.99. The number of anilines is 1. The summed E-state index contributed by atoms with van der Waals surface area (Å²) in [6, 6.07) is 2.79. The molecule has 5 nitrogen and oxygen atoms in total. The van der Waals surface area contributed by atoms with E-state index in [4.69, 9.17) is 44.3 Å². The molecule has 0 saturated heterocycles. The summed E-state index contributed by atoms with van der Waals surface area (Å²) in [5, 5.41) is 0.596. The quantitative estimate of drug-likeness (QED) is 0.546. The van der Waals surface area contributed by atoms with E-state index in [-0.39, 0.29) is 33.9 Å². The van der Waals surface area contributed by atoms with Gasteiger partial charge in [-0.05, 0) is 39.8 Å². The standard InChI is InChI=1S/C15H18Cl3NO4/c1-5-22-13(20)8-19(14(21)23-15(2,3)4)12-7-10(17)9(16)6-11(12)18/h6-7H,5,8H2,1-4H3. The molecule has 0 unspecified atom stereocenters. The van der Waals surface area contributed by atoms with Crippen LogP contribution in [-0.2, 0) is 14.3 Å². The van der Waals surface area contributed by atoms with E-state index >= 15 is 0 Å². The Hall–Kier alpha value is -1.17. The Morgan fingerprint density at radius 2 is 1.65 bits per heavy atom. The Morgan fingerprint density at radius 1 is 1.09 bits per heavy atom. The molecule has 1 aromatic rings. The van der Waals surface area contributed by atoms with Gasteiger partial charge >= 0.3 is 12.1 Å². The molecule has 0 aliphatic rings. The third-order valence-corrected chi connectivity index (χ3v) is 3.51. The van der Waals surface area contributed by atoms with Crippen LogP contribution >= 0.6 is 34.8 Å². The summed E-state index contributed by atoms with van der Waals surface area (Å²) in [5.74, 6) is -0.597. The molecule has 0 bridgehead atoms. The molecule has 0 aromatic heterocycles. The summed E-state index contributed by atoms with van der Waals surface area (Å²) in [6.45, 7) is 6.63. The van der Waals surface area contributed by atoms with Crippen LogP contribution in [0.25, 0.3) is 0 Å². The van der Waals surface area contributed by atoms with Gasteiger partial charge in [0.05, 0.1) is 27.4 Å². The van der Waals surface area contributed by atoms with Crippen LogP contribution < -0.4 is 4.90 Å². The highest BCUT2D eigenvalue weighted by Gasteiger charge is 2.28. The molecule has 23 heavy (non-hydrogen) atoms. The lowest BCUT2D eigenvalue weighted by molar-refractivity contribution is -0.141. The topological polar surface area (TPSA) is 55.8 Å². The summed E-state index contributed by atoms with van der Waals surface area (Å²) >= 11 is 18.0. The lowest BCUT2D eigenvalue weighted by Crippen LogP contribution is -2.40. The summed E-state index contributed by atoms with van der Waals surface area (Å²) in [4.78, 5) is 25.3. The maximum absolute atomic E-state index is 12.4. The molecular formula is C15H18Cl3NO4. The Morgan fingerprint density at radius 3 is 2.17 bits per heavy atom. The van der Waals surface area contributed by atoms with Crippen molar-refractivity contribution in [2.24, 2.45) is 0 Å². The first kappa shape index (κ1) is 19.9. The molecular weight excluding hydrogens is 365 g/mol. The van der Waals surface area contributed by atoms with Gasteiger partial charge in [0.25, 0.3) is 0 Å². The van der Waals surface area contributed by atoms with E-state index in [1.165, 1.54) is 12.1 Å². The van der Waals surface area contributed by atoms with Gasteiger partial charge in [-0.25, -0.2) is 4.79 Å². The molecule has 0 N–H and O–H groups in total. The molecule has 1 amide bonds. The zero-order chi connectivity index (χ0) is 17.8. The van der Waals surface area contributed by atoms with Gasteiger partial charge in [-0.2, -0.15) is 0 Å². The van der Waals surface area contributed by atoms with Crippen LogP contribution in [0.4, 0.5) is 10.5 Å². The number of hydrogen-bond acceptors (Lipinski definition) is 4. The largest absolute Gasteiger partial charge is 0.465 e. The lowest BCUT2D eigenvalue weighted by atomic mass is 10.2. The Kier molecular flexibility index (Phi) is 6.99. The zero-order valence-electron chi connectivity index (χ0n) is 13.3. The number of ether oxygens (including phenoxy) is 2. The molecule has 0 fully saturated rings. The number of rotatable bonds is 4. The van der Waals surface area contributed by atoms with Gasteiger partial charge in [-0.1, -0.05) is 34.8 Å². The molecule has 1 rings (SSSR count). The number of carbonyl (C=O) groups is 2. The Labute approximate surface area is 150 Å². The van der Waals surface area contributed by atoms with Crippen molar-refractivity contribution in [3.05, 3.63) is 27.2 Å². The minimum absolute atomic E-state index is 0.162. The molecule has 0 spiro atoms. The number of esters is 1. The van der Waals surface area contributed by atoms with E-state index in [1.807, 2.05) is 0 Å². The van der Waals surface area contributed by atoms with Gasteiger partial charge in [0.2, 0.25) is 0 Å². The van der Waals surface area contributed by atoms with Gasteiger partial charge in [-0.3, -0.25) is 9.69 Å². The minimum Gasteiger partial charge on any atom is -0.465 e. The molecule has 8 heteroatoms. The van der Waals surface area contributed by atoms with Gasteiger partial charge < -0.3 is 9.47 Å². The predicted molar refractivity (Wildman–Crippen MR) is 91.7 cm³/mol. The van der Waals surface area contributed by atoms with Crippen LogP contribution in [0.15, 0.2) is 12.1 Å². The second-order valence-corrected chi connectivity index (χ2v) is 6.81. The number of amides is 1. The number of benzene rings is 1.